The molecule has 5 aromatic heterocycles. The second-order valence-electron chi connectivity index (χ2n) is 8.15. The van der Waals surface area contributed by atoms with Crippen molar-refractivity contribution < 1.29 is 0 Å². The number of aromatic nitrogens is 8. The number of nitrogens with zero attached hydrogens (tertiary/aromatic N) is 8. The molecular weight excluding hydrogens is 497 g/mol. The van der Waals surface area contributed by atoms with Crippen LogP contribution in [-0.2, 0) is 0 Å². The molecule has 0 aliphatic heterocycles. The van der Waals surface area contributed by atoms with Gasteiger partial charge in [-0.25, -0.2) is 0 Å². The van der Waals surface area contributed by atoms with Crippen molar-refractivity contribution in [2.45, 2.75) is 13.8 Å². The fourth-order valence-electron chi connectivity index (χ4n) is 3.93. The van der Waals surface area contributed by atoms with Crippen molar-refractivity contribution in [3.05, 3.63) is 71.8 Å². The lowest BCUT2D eigenvalue weighted by atomic mass is 10.1. The van der Waals surface area contributed by atoms with Crippen LogP contribution in [0.3, 0.4) is 0 Å². The number of benzene rings is 2. The van der Waals surface area contributed by atoms with Crippen LogP contribution in [0.2, 0.25) is 0 Å². The monoisotopic (exact) mass is 512 g/mol. The molecule has 0 N–H and O–H groups in total. The molecule has 170 valence electrons. The van der Waals surface area contributed by atoms with Crippen molar-refractivity contribution in [1.82, 2.24) is 39.6 Å². The van der Waals surface area contributed by atoms with Gasteiger partial charge in [-0.05, 0) is 38.1 Å². The molecule has 5 heterocycles. The van der Waals surface area contributed by atoms with Crippen molar-refractivity contribution in [3.8, 4) is 42.5 Å². The molecule has 0 saturated heterocycles. The molecule has 0 spiro atoms. The molecule has 0 aliphatic rings. The molecule has 11 heteroatoms. The maximum atomic E-state index is 4.83. The zero-order chi connectivity index (χ0) is 23.5. The summed E-state index contributed by atoms with van der Waals surface area (Å²) in [4.78, 5) is 3.67. The molecule has 0 unspecified atom stereocenters. The Morgan fingerprint density at radius 2 is 1.06 bits per heavy atom. The molecule has 0 saturated carbocycles. The van der Waals surface area contributed by atoms with Crippen LogP contribution >= 0.6 is 34.0 Å². The molecule has 0 atom stereocenters. The van der Waals surface area contributed by atoms with E-state index < -0.39 is 0 Å². The van der Waals surface area contributed by atoms with Gasteiger partial charge in [-0.1, -0.05) is 70.2 Å². The molecule has 0 bridgehead atoms. The number of thiophene rings is 1. The first-order valence-corrected chi connectivity index (χ1v) is 13.3. The van der Waals surface area contributed by atoms with Gasteiger partial charge in [-0.3, -0.25) is 0 Å². The SMILES string of the molecule is Cc1cccc(-c2nnc3sc(-c4ccc(-c5nn6c(-c7cccc(C)c7)nnc6s5)s4)nn23)c1. The van der Waals surface area contributed by atoms with E-state index in [0.29, 0.717) is 0 Å². The van der Waals surface area contributed by atoms with Crippen LogP contribution in [0, 0.1) is 13.8 Å². The minimum atomic E-state index is 0.750. The molecule has 2 aromatic carbocycles. The summed E-state index contributed by atoms with van der Waals surface area (Å²) in [5.74, 6) is 1.50. The lowest BCUT2D eigenvalue weighted by molar-refractivity contribution is 0.971. The van der Waals surface area contributed by atoms with Gasteiger partial charge in [0.25, 0.3) is 0 Å². The summed E-state index contributed by atoms with van der Waals surface area (Å²) in [7, 11) is 0. The fourth-order valence-corrected chi connectivity index (χ4v) is 6.71. The number of hydrogen-bond donors (Lipinski definition) is 0. The fraction of sp³-hybridized carbons (Fsp3) is 0.0833. The molecule has 8 nitrogen and oxygen atoms in total. The van der Waals surface area contributed by atoms with Crippen molar-refractivity contribution in [3.63, 3.8) is 0 Å². The van der Waals surface area contributed by atoms with E-state index in [1.54, 1.807) is 11.3 Å². The Bertz CT molecular complexity index is 1720. The van der Waals surface area contributed by atoms with Gasteiger partial charge in [0.05, 0.1) is 9.75 Å². The highest BCUT2D eigenvalue weighted by molar-refractivity contribution is 7.28. The highest BCUT2D eigenvalue weighted by Crippen LogP contribution is 2.38. The van der Waals surface area contributed by atoms with E-state index in [1.165, 1.54) is 33.8 Å². The van der Waals surface area contributed by atoms with E-state index in [9.17, 15) is 0 Å². The Hall–Kier alpha value is -3.80. The zero-order valence-corrected chi connectivity index (χ0v) is 21.0. The van der Waals surface area contributed by atoms with Crippen LogP contribution < -0.4 is 0 Å². The Balaban J connectivity index is 1.24. The lowest BCUT2D eigenvalue weighted by Gasteiger charge is -1.98. The number of fused-ring (bicyclic) bond motifs is 2. The topological polar surface area (TPSA) is 86.2 Å². The van der Waals surface area contributed by atoms with Crippen LogP contribution in [0.1, 0.15) is 11.1 Å². The van der Waals surface area contributed by atoms with Gasteiger partial charge in [0, 0.05) is 11.1 Å². The van der Waals surface area contributed by atoms with Gasteiger partial charge in [-0.15, -0.1) is 31.7 Å². The van der Waals surface area contributed by atoms with Gasteiger partial charge < -0.3 is 0 Å². The van der Waals surface area contributed by atoms with Gasteiger partial charge in [-0.2, -0.15) is 19.2 Å². The Kier molecular flexibility index (Phi) is 4.62. The molecular formula is C24H16N8S3. The minimum Gasteiger partial charge on any atom is -0.182 e. The highest BCUT2D eigenvalue weighted by Gasteiger charge is 2.19. The lowest BCUT2D eigenvalue weighted by Crippen LogP contribution is -1.91. The summed E-state index contributed by atoms with van der Waals surface area (Å²) < 4.78 is 3.65. The van der Waals surface area contributed by atoms with Crippen molar-refractivity contribution >= 4 is 43.9 Å². The van der Waals surface area contributed by atoms with Gasteiger partial charge in [0.2, 0.25) is 9.92 Å². The number of rotatable bonds is 4. The molecule has 7 aromatic rings. The number of hydrogen-bond acceptors (Lipinski definition) is 9. The molecule has 7 rings (SSSR count). The van der Waals surface area contributed by atoms with Crippen LogP contribution in [0.25, 0.3) is 52.5 Å². The summed E-state index contributed by atoms with van der Waals surface area (Å²) in [6, 6.07) is 20.6. The van der Waals surface area contributed by atoms with Crippen LogP contribution in [-0.4, -0.2) is 39.6 Å². The molecule has 0 amide bonds. The Morgan fingerprint density at radius 3 is 1.51 bits per heavy atom. The Morgan fingerprint density at radius 1 is 0.571 bits per heavy atom. The predicted molar refractivity (Wildman–Crippen MR) is 140 cm³/mol. The van der Waals surface area contributed by atoms with E-state index in [-0.39, 0.29) is 0 Å². The van der Waals surface area contributed by atoms with E-state index in [1.807, 2.05) is 33.3 Å². The average molecular weight is 513 g/mol. The molecule has 0 radical (unpaired) electrons. The van der Waals surface area contributed by atoms with E-state index in [2.05, 4.69) is 70.6 Å². The second kappa shape index (κ2) is 7.87. The molecule has 0 aliphatic carbocycles. The van der Waals surface area contributed by atoms with Crippen molar-refractivity contribution in [2.75, 3.05) is 0 Å². The summed E-state index contributed by atoms with van der Waals surface area (Å²) >= 11 is 4.72. The van der Waals surface area contributed by atoms with Crippen LogP contribution in [0.15, 0.2) is 60.7 Å². The predicted octanol–water partition coefficient (Wildman–Crippen LogP) is 6.03. The standard InChI is InChI=1S/C24H16N8S3/c1-13-5-3-7-15(11-13)19-25-27-23-31(19)29-21(34-23)17-9-10-18(33-17)22-30-32-20(26-28-24(32)35-22)16-8-4-6-14(2)12-16/h3-12H,1-2H3. The molecule has 0 fully saturated rings. The summed E-state index contributed by atoms with van der Waals surface area (Å²) in [6.45, 7) is 4.13. The number of aryl methyl sites for hydroxylation is 2. The van der Waals surface area contributed by atoms with Crippen LogP contribution in [0.5, 0.6) is 0 Å². The maximum Gasteiger partial charge on any atom is 0.235 e. The van der Waals surface area contributed by atoms with E-state index in [0.717, 1.165) is 52.5 Å². The van der Waals surface area contributed by atoms with Crippen LogP contribution in [0.4, 0.5) is 0 Å². The van der Waals surface area contributed by atoms with Crippen molar-refractivity contribution in [1.29, 1.82) is 0 Å². The van der Waals surface area contributed by atoms with Crippen molar-refractivity contribution in [2.24, 2.45) is 0 Å². The third-order valence-electron chi connectivity index (χ3n) is 5.56. The maximum absolute atomic E-state index is 4.83. The smallest absolute Gasteiger partial charge is 0.182 e. The van der Waals surface area contributed by atoms with E-state index >= 15 is 0 Å². The normalized spacial score (nSPS) is 11.7. The first kappa shape index (κ1) is 20.6. The first-order valence-electron chi connectivity index (χ1n) is 10.8. The summed E-state index contributed by atoms with van der Waals surface area (Å²) in [5.41, 5.74) is 4.36. The van der Waals surface area contributed by atoms with Gasteiger partial charge in [0.15, 0.2) is 21.7 Å². The average Bonchev–Trinajstić information content (AvgIpc) is 3.64. The first-order chi connectivity index (χ1) is 17.1. The highest BCUT2D eigenvalue weighted by atomic mass is 32.1. The van der Waals surface area contributed by atoms with E-state index in [4.69, 9.17) is 10.2 Å². The second-order valence-corrected chi connectivity index (χ2v) is 11.1. The van der Waals surface area contributed by atoms with Gasteiger partial charge >= 0.3 is 0 Å². The Labute approximate surface area is 211 Å². The quantitative estimate of drug-likeness (QED) is 0.286. The van der Waals surface area contributed by atoms with Gasteiger partial charge in [0.1, 0.15) is 0 Å². The molecule has 35 heavy (non-hydrogen) atoms. The minimum absolute atomic E-state index is 0.750. The largest absolute Gasteiger partial charge is 0.235 e. The summed E-state index contributed by atoms with van der Waals surface area (Å²) in [5, 5.41) is 28.9. The zero-order valence-electron chi connectivity index (χ0n) is 18.6. The third-order valence-corrected chi connectivity index (χ3v) is 8.78. The third kappa shape index (κ3) is 3.47. The summed E-state index contributed by atoms with van der Waals surface area (Å²) in [6.07, 6.45) is 0.